The molecule has 0 bridgehead atoms. The smallest absolute Gasteiger partial charge is 0.185 e. The van der Waals surface area contributed by atoms with E-state index < -0.39 is 0 Å². The van der Waals surface area contributed by atoms with Crippen molar-refractivity contribution in [3.63, 3.8) is 0 Å². The number of rotatable bonds is 6. The van der Waals surface area contributed by atoms with Crippen molar-refractivity contribution in [3.05, 3.63) is 65.7 Å². The lowest BCUT2D eigenvalue weighted by atomic mass is 10.1. The van der Waals surface area contributed by atoms with Crippen molar-refractivity contribution >= 4 is 17.5 Å². The largest absolute Gasteiger partial charge is 0.478 e. The molecule has 4 heteroatoms. The third-order valence-corrected chi connectivity index (χ3v) is 4.50. The van der Waals surface area contributed by atoms with E-state index in [2.05, 4.69) is 4.90 Å². The summed E-state index contributed by atoms with van der Waals surface area (Å²) in [7, 11) is 0. The molecule has 1 aliphatic heterocycles. The summed E-state index contributed by atoms with van der Waals surface area (Å²) < 4.78 is 5.38. The molecule has 26 heavy (non-hydrogen) atoms. The highest BCUT2D eigenvalue weighted by Gasteiger charge is 2.11. The zero-order valence-electron chi connectivity index (χ0n) is 14.7. The molecule has 2 aromatic rings. The summed E-state index contributed by atoms with van der Waals surface area (Å²) in [5.74, 6) is 0.545. The van der Waals surface area contributed by atoms with Gasteiger partial charge in [-0.1, -0.05) is 18.2 Å². The number of carbonyl (C=O) groups excluding carboxylic acids is 1. The molecule has 1 heterocycles. The molecule has 0 aliphatic carbocycles. The fourth-order valence-corrected chi connectivity index (χ4v) is 3.11. The number of carbonyl (C=O) groups is 1. The molecule has 0 unspecified atom stereocenters. The number of ketones is 1. The second-order valence-corrected chi connectivity index (χ2v) is 6.28. The zero-order valence-corrected chi connectivity index (χ0v) is 14.7. The van der Waals surface area contributed by atoms with Gasteiger partial charge in [0.05, 0.1) is 0 Å². The molecule has 0 radical (unpaired) electrons. The van der Waals surface area contributed by atoms with Crippen molar-refractivity contribution in [1.82, 2.24) is 0 Å². The maximum absolute atomic E-state index is 12.4. The molecule has 3 rings (SSSR count). The second-order valence-electron chi connectivity index (χ2n) is 6.28. The summed E-state index contributed by atoms with van der Waals surface area (Å²) in [4.78, 5) is 14.8. The number of para-hydroxylation sites is 1. The Morgan fingerprint density at radius 1 is 1.08 bits per heavy atom. The average molecular weight is 346 g/mol. The lowest BCUT2D eigenvalue weighted by molar-refractivity contribution is 0.104. The van der Waals surface area contributed by atoms with E-state index in [1.165, 1.54) is 24.9 Å². The van der Waals surface area contributed by atoms with E-state index in [9.17, 15) is 4.79 Å². The number of ether oxygens (including phenoxy) is 1. The number of piperidine rings is 1. The summed E-state index contributed by atoms with van der Waals surface area (Å²) >= 11 is 0. The minimum atomic E-state index is -0.0507. The molecule has 0 N–H and O–H groups in total. The first-order chi connectivity index (χ1) is 12.8. The molecule has 132 valence electrons. The maximum Gasteiger partial charge on any atom is 0.185 e. The Balaban J connectivity index is 1.68. The summed E-state index contributed by atoms with van der Waals surface area (Å²) in [5.41, 5.74) is 2.62. The van der Waals surface area contributed by atoms with Crippen LogP contribution >= 0.6 is 0 Å². The van der Waals surface area contributed by atoms with E-state index in [4.69, 9.17) is 10.00 Å². The van der Waals surface area contributed by atoms with Gasteiger partial charge >= 0.3 is 0 Å². The van der Waals surface area contributed by atoms with Crippen LogP contribution in [0.15, 0.2) is 54.6 Å². The molecular formula is C22H22N2O2. The van der Waals surface area contributed by atoms with Crippen LogP contribution in [-0.2, 0) is 0 Å². The Kier molecular flexibility index (Phi) is 6.05. The van der Waals surface area contributed by atoms with E-state index in [-0.39, 0.29) is 12.4 Å². The number of hydrogen-bond acceptors (Lipinski definition) is 4. The van der Waals surface area contributed by atoms with Crippen LogP contribution in [0.5, 0.6) is 5.75 Å². The van der Waals surface area contributed by atoms with Crippen LogP contribution in [0.25, 0.3) is 6.08 Å². The molecule has 0 saturated carbocycles. The Morgan fingerprint density at radius 3 is 2.54 bits per heavy atom. The Morgan fingerprint density at radius 2 is 1.81 bits per heavy atom. The second kappa shape index (κ2) is 8.87. The van der Waals surface area contributed by atoms with Gasteiger partial charge in [-0.25, -0.2) is 0 Å². The van der Waals surface area contributed by atoms with Gasteiger partial charge in [0.25, 0.3) is 0 Å². The normalized spacial score (nSPS) is 14.2. The topological polar surface area (TPSA) is 53.3 Å². The predicted molar refractivity (Wildman–Crippen MR) is 103 cm³/mol. The zero-order chi connectivity index (χ0) is 18.2. The van der Waals surface area contributed by atoms with Crippen LogP contribution in [0.1, 0.15) is 35.2 Å². The van der Waals surface area contributed by atoms with E-state index in [0.29, 0.717) is 11.3 Å². The molecule has 2 aromatic carbocycles. The number of anilines is 1. The predicted octanol–water partition coefficient (Wildman–Crippen LogP) is 4.48. The Bertz CT molecular complexity index is 813. The van der Waals surface area contributed by atoms with Crippen molar-refractivity contribution < 1.29 is 9.53 Å². The van der Waals surface area contributed by atoms with E-state index >= 15 is 0 Å². The fourth-order valence-electron chi connectivity index (χ4n) is 3.11. The van der Waals surface area contributed by atoms with Crippen LogP contribution in [0.4, 0.5) is 5.69 Å². The first-order valence-corrected chi connectivity index (χ1v) is 8.94. The fraction of sp³-hybridized carbons (Fsp3) is 0.273. The van der Waals surface area contributed by atoms with Gasteiger partial charge in [-0.15, -0.1) is 0 Å². The minimum Gasteiger partial charge on any atom is -0.478 e. The van der Waals surface area contributed by atoms with E-state index in [1.54, 1.807) is 18.2 Å². The quantitative estimate of drug-likeness (QED) is 0.572. The van der Waals surface area contributed by atoms with Crippen LogP contribution in [0.3, 0.4) is 0 Å². The highest BCUT2D eigenvalue weighted by atomic mass is 16.5. The van der Waals surface area contributed by atoms with Gasteiger partial charge in [-0.2, -0.15) is 5.26 Å². The molecule has 1 aliphatic rings. The molecular weight excluding hydrogens is 324 g/mol. The van der Waals surface area contributed by atoms with E-state index in [0.717, 1.165) is 18.7 Å². The van der Waals surface area contributed by atoms with Crippen molar-refractivity contribution in [1.29, 1.82) is 5.26 Å². The first-order valence-electron chi connectivity index (χ1n) is 8.94. The Labute approximate surface area is 154 Å². The van der Waals surface area contributed by atoms with Gasteiger partial charge in [0.1, 0.15) is 11.8 Å². The molecule has 0 amide bonds. The van der Waals surface area contributed by atoms with E-state index in [1.807, 2.05) is 48.5 Å². The van der Waals surface area contributed by atoms with Crippen LogP contribution < -0.4 is 9.64 Å². The Hall–Kier alpha value is -3.06. The number of allylic oxidation sites excluding steroid dienone is 1. The van der Waals surface area contributed by atoms with Gasteiger partial charge in [-0.05, 0) is 61.7 Å². The first kappa shape index (κ1) is 17.8. The standard InChI is InChI=1S/C22H22N2O2/c23-14-17-26-22-7-3-2-6-19(22)10-13-21(25)18-8-11-20(12-9-18)24-15-4-1-5-16-24/h2-3,6-13H,1,4-5,15-17H2/b13-10+. The monoisotopic (exact) mass is 346 g/mol. The van der Waals surface area contributed by atoms with Gasteiger partial charge in [0.15, 0.2) is 12.4 Å². The minimum absolute atomic E-state index is 0.0171. The van der Waals surface area contributed by atoms with Gasteiger partial charge in [0.2, 0.25) is 0 Å². The lowest BCUT2D eigenvalue weighted by Crippen LogP contribution is -2.29. The highest BCUT2D eigenvalue weighted by molar-refractivity contribution is 6.07. The molecule has 1 fully saturated rings. The van der Waals surface area contributed by atoms with Crippen molar-refractivity contribution in [2.45, 2.75) is 19.3 Å². The summed E-state index contributed by atoms with van der Waals surface area (Å²) in [6.07, 6.45) is 7.04. The van der Waals surface area contributed by atoms with Crippen molar-refractivity contribution in [2.75, 3.05) is 24.6 Å². The van der Waals surface area contributed by atoms with Crippen LogP contribution in [0, 0.1) is 11.3 Å². The number of hydrogen-bond donors (Lipinski definition) is 0. The van der Waals surface area contributed by atoms with Crippen LogP contribution in [0.2, 0.25) is 0 Å². The third kappa shape index (κ3) is 4.52. The van der Waals surface area contributed by atoms with Gasteiger partial charge < -0.3 is 9.64 Å². The lowest BCUT2D eigenvalue weighted by Gasteiger charge is -2.28. The highest BCUT2D eigenvalue weighted by Crippen LogP contribution is 2.22. The SMILES string of the molecule is N#CCOc1ccccc1/C=C/C(=O)c1ccc(N2CCCCC2)cc1. The number of nitrogens with zero attached hydrogens (tertiary/aromatic N) is 2. The summed E-state index contributed by atoms with van der Waals surface area (Å²) in [5, 5.41) is 8.65. The van der Waals surface area contributed by atoms with Gasteiger partial charge in [0, 0.05) is 29.9 Å². The summed E-state index contributed by atoms with van der Waals surface area (Å²) in [6, 6.07) is 17.1. The average Bonchev–Trinajstić information content (AvgIpc) is 2.72. The van der Waals surface area contributed by atoms with Crippen LogP contribution in [-0.4, -0.2) is 25.5 Å². The summed E-state index contributed by atoms with van der Waals surface area (Å²) in [6.45, 7) is 2.16. The molecule has 0 atom stereocenters. The molecule has 4 nitrogen and oxygen atoms in total. The third-order valence-electron chi connectivity index (χ3n) is 4.50. The molecule has 0 aromatic heterocycles. The van der Waals surface area contributed by atoms with Crippen molar-refractivity contribution in [3.8, 4) is 11.8 Å². The molecule has 1 saturated heterocycles. The van der Waals surface area contributed by atoms with Crippen molar-refractivity contribution in [2.24, 2.45) is 0 Å². The molecule has 0 spiro atoms. The number of benzene rings is 2. The number of nitriles is 1. The maximum atomic E-state index is 12.4. The van der Waals surface area contributed by atoms with Gasteiger partial charge in [-0.3, -0.25) is 4.79 Å².